The van der Waals surface area contributed by atoms with Gasteiger partial charge in [0.2, 0.25) is 0 Å². The molecule has 29 heavy (non-hydrogen) atoms. The molecule has 1 unspecified atom stereocenters. The van der Waals surface area contributed by atoms with Gasteiger partial charge in [-0.2, -0.15) is 0 Å². The molecule has 0 heterocycles. The third-order valence-electron chi connectivity index (χ3n) is 10.2. The molecule has 4 aliphatic carbocycles. The number of rotatable bonds is 5. The average molecular weight is 401 g/mol. The van der Waals surface area contributed by atoms with E-state index in [-0.39, 0.29) is 12.0 Å². The van der Waals surface area contributed by atoms with E-state index >= 15 is 0 Å². The lowest BCUT2D eigenvalue weighted by Gasteiger charge is -2.58. The number of carbonyl (C=O) groups is 1. The van der Waals surface area contributed by atoms with Gasteiger partial charge >= 0.3 is 0 Å². The first-order chi connectivity index (χ1) is 13.7. The molecule has 0 spiro atoms. The summed E-state index contributed by atoms with van der Waals surface area (Å²) in [5, 5.41) is 10.2. The molecule has 0 aliphatic heterocycles. The average Bonchev–Trinajstić information content (AvgIpc) is 3.03. The first-order valence-corrected chi connectivity index (χ1v) is 12.6. The minimum atomic E-state index is -0.117. The maximum atomic E-state index is 13.0. The van der Waals surface area contributed by atoms with E-state index in [1.165, 1.54) is 32.1 Å². The number of hydrogen-bond donors (Lipinski definition) is 1. The Hall–Kier alpha value is -0.630. The fraction of sp³-hybridized carbons (Fsp3) is 0.889. The van der Waals surface area contributed by atoms with Crippen LogP contribution in [-0.4, -0.2) is 17.0 Å². The van der Waals surface area contributed by atoms with Crippen LogP contribution >= 0.6 is 0 Å². The minimum Gasteiger partial charge on any atom is -0.393 e. The van der Waals surface area contributed by atoms with Gasteiger partial charge in [0.05, 0.1) is 6.10 Å². The molecule has 3 fully saturated rings. The van der Waals surface area contributed by atoms with E-state index in [0.717, 1.165) is 49.9 Å². The second kappa shape index (κ2) is 7.81. The molecule has 0 amide bonds. The predicted molar refractivity (Wildman–Crippen MR) is 119 cm³/mol. The summed E-state index contributed by atoms with van der Waals surface area (Å²) in [6.45, 7) is 11.7. The highest BCUT2D eigenvalue weighted by Gasteiger charge is 2.59. The fourth-order valence-electron chi connectivity index (χ4n) is 8.39. The SMILES string of the molecule is CC(C)CCC(=O)[C@@H](C)[C@H]1CC[C@H]2[C@@H]3CC=C4CC(O)CC[C@]4(C)[C@H]3CC[C@]12C. The van der Waals surface area contributed by atoms with Gasteiger partial charge in [0.25, 0.3) is 0 Å². The molecule has 0 bridgehead atoms. The zero-order chi connectivity index (χ0) is 21.0. The van der Waals surface area contributed by atoms with Crippen LogP contribution in [0.15, 0.2) is 11.6 Å². The standard InChI is InChI=1S/C27H44O2/c1-17(2)6-11-25(29)18(3)22-9-10-23-21-8-7-19-16-20(28)12-14-26(19,4)24(21)13-15-27(22,23)5/h7,17-18,20-24,28H,6,8-16H2,1-5H3/t18-,20?,21-,22+,23-,24-,26-,27+/m0/s1. The monoisotopic (exact) mass is 400 g/mol. The van der Waals surface area contributed by atoms with Crippen molar-refractivity contribution in [3.05, 3.63) is 11.6 Å². The van der Waals surface area contributed by atoms with E-state index in [9.17, 15) is 9.90 Å². The summed E-state index contributed by atoms with van der Waals surface area (Å²) in [5.41, 5.74) is 2.23. The Morgan fingerprint density at radius 3 is 2.59 bits per heavy atom. The topological polar surface area (TPSA) is 37.3 Å². The lowest BCUT2D eigenvalue weighted by molar-refractivity contribution is -0.127. The molecule has 2 heteroatoms. The largest absolute Gasteiger partial charge is 0.393 e. The first kappa shape index (κ1) is 21.6. The number of ketones is 1. The normalized spacial score (nSPS) is 45.2. The smallest absolute Gasteiger partial charge is 0.136 e. The van der Waals surface area contributed by atoms with Gasteiger partial charge in [-0.1, -0.05) is 46.3 Å². The molecule has 4 rings (SSSR count). The van der Waals surface area contributed by atoms with Crippen molar-refractivity contribution in [2.24, 2.45) is 46.3 Å². The maximum absolute atomic E-state index is 13.0. The lowest BCUT2D eigenvalue weighted by atomic mass is 9.47. The van der Waals surface area contributed by atoms with Gasteiger partial charge in [0, 0.05) is 12.3 Å². The van der Waals surface area contributed by atoms with Gasteiger partial charge in [-0.05, 0) is 98.2 Å². The lowest BCUT2D eigenvalue weighted by Crippen LogP contribution is -2.51. The second-order valence-electron chi connectivity index (χ2n) is 12.1. The highest BCUT2D eigenvalue weighted by atomic mass is 16.3. The molecule has 164 valence electrons. The number of allylic oxidation sites excluding steroid dienone is 1. The summed E-state index contributed by atoms with van der Waals surface area (Å²) in [4.78, 5) is 13.0. The summed E-state index contributed by atoms with van der Waals surface area (Å²) in [6.07, 6.45) is 13.7. The van der Waals surface area contributed by atoms with Gasteiger partial charge in [-0.15, -0.1) is 0 Å². The number of Topliss-reactive ketones (excluding diaryl/α,β-unsaturated/α-hetero) is 1. The van der Waals surface area contributed by atoms with Crippen molar-refractivity contribution in [2.45, 2.75) is 105 Å². The molecule has 3 saturated carbocycles. The van der Waals surface area contributed by atoms with Crippen LogP contribution in [0.3, 0.4) is 0 Å². The van der Waals surface area contributed by atoms with Crippen LogP contribution in [0, 0.1) is 46.3 Å². The second-order valence-corrected chi connectivity index (χ2v) is 12.1. The van der Waals surface area contributed by atoms with E-state index in [1.54, 1.807) is 5.57 Å². The molecule has 0 aromatic rings. The van der Waals surface area contributed by atoms with Crippen LogP contribution in [-0.2, 0) is 4.79 Å². The van der Waals surface area contributed by atoms with Gasteiger partial charge in [-0.25, -0.2) is 0 Å². The van der Waals surface area contributed by atoms with E-state index in [4.69, 9.17) is 0 Å². The van der Waals surface area contributed by atoms with Crippen LogP contribution in [0.4, 0.5) is 0 Å². The van der Waals surface area contributed by atoms with Crippen LogP contribution < -0.4 is 0 Å². The third kappa shape index (κ3) is 3.56. The van der Waals surface area contributed by atoms with Crippen LogP contribution in [0.25, 0.3) is 0 Å². The van der Waals surface area contributed by atoms with Crippen molar-refractivity contribution >= 4 is 5.78 Å². The molecule has 0 radical (unpaired) electrons. The van der Waals surface area contributed by atoms with Crippen molar-refractivity contribution in [1.82, 2.24) is 0 Å². The Morgan fingerprint density at radius 1 is 1.10 bits per heavy atom. The fourth-order valence-corrected chi connectivity index (χ4v) is 8.39. The van der Waals surface area contributed by atoms with Gasteiger partial charge < -0.3 is 5.11 Å². The van der Waals surface area contributed by atoms with Gasteiger partial charge in [0.1, 0.15) is 5.78 Å². The zero-order valence-corrected chi connectivity index (χ0v) is 19.5. The predicted octanol–water partition coefficient (Wildman–Crippen LogP) is 6.57. The highest BCUT2D eigenvalue weighted by Crippen LogP contribution is 2.67. The number of carbonyl (C=O) groups excluding carboxylic acids is 1. The Bertz CT molecular complexity index is 663. The van der Waals surface area contributed by atoms with E-state index in [2.05, 4.69) is 40.7 Å². The third-order valence-corrected chi connectivity index (χ3v) is 10.2. The van der Waals surface area contributed by atoms with E-state index < -0.39 is 0 Å². The van der Waals surface area contributed by atoms with Gasteiger partial charge in [0.15, 0.2) is 0 Å². The summed E-state index contributed by atoms with van der Waals surface area (Å²) in [6, 6.07) is 0. The summed E-state index contributed by atoms with van der Waals surface area (Å²) in [5.74, 6) is 4.32. The summed E-state index contributed by atoms with van der Waals surface area (Å²) >= 11 is 0. The van der Waals surface area contributed by atoms with Crippen LogP contribution in [0.5, 0.6) is 0 Å². The number of aliphatic hydroxyl groups excluding tert-OH is 1. The Balaban J connectivity index is 1.52. The highest BCUT2D eigenvalue weighted by molar-refractivity contribution is 5.81. The molecule has 2 nitrogen and oxygen atoms in total. The Kier molecular flexibility index (Phi) is 5.82. The molecule has 0 aromatic carbocycles. The number of hydrogen-bond acceptors (Lipinski definition) is 2. The molecule has 8 atom stereocenters. The maximum Gasteiger partial charge on any atom is 0.136 e. The molecule has 0 aromatic heterocycles. The molecule has 1 N–H and O–H groups in total. The molecule has 0 saturated heterocycles. The Labute approximate surface area is 178 Å². The number of fused-ring (bicyclic) bond motifs is 5. The molecular weight excluding hydrogens is 356 g/mol. The van der Waals surface area contributed by atoms with Crippen molar-refractivity contribution < 1.29 is 9.90 Å². The van der Waals surface area contributed by atoms with Crippen molar-refractivity contribution in [3.8, 4) is 0 Å². The molecular formula is C27H44O2. The van der Waals surface area contributed by atoms with E-state index in [1.807, 2.05) is 0 Å². The van der Waals surface area contributed by atoms with Crippen LogP contribution in [0.1, 0.15) is 98.8 Å². The van der Waals surface area contributed by atoms with Crippen molar-refractivity contribution in [2.75, 3.05) is 0 Å². The molecule has 4 aliphatic rings. The van der Waals surface area contributed by atoms with Gasteiger partial charge in [-0.3, -0.25) is 4.79 Å². The van der Waals surface area contributed by atoms with Crippen LogP contribution in [0.2, 0.25) is 0 Å². The Morgan fingerprint density at radius 2 is 1.86 bits per heavy atom. The number of aliphatic hydroxyl groups is 1. The van der Waals surface area contributed by atoms with Crippen molar-refractivity contribution in [3.63, 3.8) is 0 Å². The summed E-state index contributed by atoms with van der Waals surface area (Å²) in [7, 11) is 0. The minimum absolute atomic E-state index is 0.117. The van der Waals surface area contributed by atoms with Crippen molar-refractivity contribution in [1.29, 1.82) is 0 Å². The summed E-state index contributed by atoms with van der Waals surface area (Å²) < 4.78 is 0. The zero-order valence-electron chi connectivity index (χ0n) is 19.5. The quantitative estimate of drug-likeness (QED) is 0.530. The van der Waals surface area contributed by atoms with E-state index in [0.29, 0.717) is 28.4 Å². The first-order valence-electron chi connectivity index (χ1n) is 12.6.